The minimum Gasteiger partial charge on any atom is -0.497 e. The van der Waals surface area contributed by atoms with Crippen LogP contribution in [0.2, 0.25) is 5.02 Å². The Bertz CT molecular complexity index is 5570. The van der Waals surface area contributed by atoms with Crippen LogP contribution < -0.4 is 27.2 Å². The maximum atomic E-state index is 13.0. The second-order valence-corrected chi connectivity index (χ2v) is 29.1. The summed E-state index contributed by atoms with van der Waals surface area (Å²) < 4.78 is 158. The molecule has 4 heterocycles. The fraction of sp³-hybridized carbons (Fsp3) is 0.0857. The second-order valence-electron chi connectivity index (χ2n) is 21.0. The van der Waals surface area contributed by atoms with Crippen LogP contribution in [0.5, 0.6) is 5.75 Å². The fourth-order valence-electron chi connectivity index (χ4n) is 9.35. The van der Waals surface area contributed by atoms with Crippen LogP contribution in [-0.4, -0.2) is 93.1 Å². The molecule has 0 N–H and O–H groups in total. The van der Waals surface area contributed by atoms with E-state index in [0.717, 1.165) is 35.9 Å². The molecule has 12 aromatic rings. The average Bonchev–Trinajstić information content (AvgIpc) is 0.788. The normalized spacial score (nSPS) is 11.4. The molecule has 0 radical (unpaired) electrons. The van der Waals surface area contributed by atoms with Crippen LogP contribution in [0, 0.1) is 12.7 Å². The molecule has 0 saturated heterocycles. The van der Waals surface area contributed by atoms with Crippen LogP contribution in [0.15, 0.2) is 270 Å². The third kappa shape index (κ3) is 16.1. The predicted molar refractivity (Wildman–Crippen MR) is 359 cm³/mol. The summed E-state index contributed by atoms with van der Waals surface area (Å²) >= 11 is 5.76. The van der Waals surface area contributed by atoms with E-state index in [1.54, 1.807) is 12.1 Å². The maximum absolute atomic E-state index is 13.0. The van der Waals surface area contributed by atoms with Crippen molar-refractivity contribution in [2.45, 2.75) is 46.1 Å². The van der Waals surface area contributed by atoms with Crippen LogP contribution in [-0.2, 0) is 58.3 Å². The third-order valence-corrected chi connectivity index (χ3v) is 21.9. The van der Waals surface area contributed by atoms with Gasteiger partial charge in [0.05, 0.1) is 77.4 Å². The number of fused-ring (bicyclic) bond motifs is 4. The minimum atomic E-state index is -4.21. The number of methoxy groups -OCH3 is 5. The first-order valence-corrected chi connectivity index (χ1v) is 35.0. The van der Waals surface area contributed by atoms with Crippen molar-refractivity contribution in [3.05, 3.63) is 274 Å². The van der Waals surface area contributed by atoms with E-state index in [1.807, 2.05) is 6.92 Å². The summed E-state index contributed by atoms with van der Waals surface area (Å²) in [4.78, 5) is 92.5. The number of esters is 4. The first-order valence-electron chi connectivity index (χ1n) is 28.7. The van der Waals surface area contributed by atoms with E-state index < -0.39 is 111 Å². The molecule has 0 unspecified atom stereocenters. The van der Waals surface area contributed by atoms with E-state index in [1.165, 1.54) is 187 Å². The number of hydrogen-bond acceptors (Lipinski definition) is 25. The molecule has 518 valence electrons. The summed E-state index contributed by atoms with van der Waals surface area (Å²) in [7, 11) is -10.1. The van der Waals surface area contributed by atoms with Gasteiger partial charge in [0.2, 0.25) is 39.3 Å². The highest BCUT2D eigenvalue weighted by molar-refractivity contribution is 7.92. The quantitative estimate of drug-likeness (QED) is 0.0448. The van der Waals surface area contributed by atoms with Crippen molar-refractivity contribution in [2.75, 3.05) is 35.5 Å². The molecule has 0 aliphatic rings. The number of carbonyl (C=O) groups is 4. The molecule has 0 amide bonds. The van der Waals surface area contributed by atoms with Crippen LogP contribution in [0.25, 0.3) is 43.9 Å². The van der Waals surface area contributed by atoms with Gasteiger partial charge in [-0.1, -0.05) is 29.3 Å². The number of hydrogen-bond donors (Lipinski definition) is 0. The number of ether oxygens (including phenoxy) is 5. The van der Waals surface area contributed by atoms with E-state index >= 15 is 0 Å². The zero-order valence-corrected chi connectivity index (χ0v) is 57.1. The summed E-state index contributed by atoms with van der Waals surface area (Å²) in [6.45, 7) is 1.83. The van der Waals surface area contributed by atoms with Gasteiger partial charge in [-0.05, 0) is 189 Å². The molecule has 0 saturated carbocycles. The lowest BCUT2D eigenvalue weighted by atomic mass is 10.1. The van der Waals surface area contributed by atoms with Crippen molar-refractivity contribution in [1.29, 1.82) is 0 Å². The molecule has 12 rings (SSSR count). The Morgan fingerprint density at radius 2 is 0.574 bits per heavy atom. The molecule has 101 heavy (non-hydrogen) atoms. The van der Waals surface area contributed by atoms with Gasteiger partial charge in [0.25, 0.3) is 0 Å². The molecular formula is C70H50ClFO25S4. The smallest absolute Gasteiger partial charge is 0.355 e. The first-order chi connectivity index (χ1) is 47.8. The van der Waals surface area contributed by atoms with Gasteiger partial charge in [0.15, 0.2) is 19.6 Å². The molecule has 8 aromatic carbocycles. The van der Waals surface area contributed by atoms with Gasteiger partial charge >= 0.3 is 46.4 Å². The van der Waals surface area contributed by atoms with Gasteiger partial charge in [0.1, 0.15) is 33.9 Å². The van der Waals surface area contributed by atoms with Crippen molar-refractivity contribution < 1.29 is 98.6 Å². The molecular weight excluding hydrogens is 1420 g/mol. The van der Waals surface area contributed by atoms with Gasteiger partial charge in [0, 0.05) is 26.6 Å². The summed E-state index contributed by atoms with van der Waals surface area (Å²) in [6, 6.07) is 42.8. The van der Waals surface area contributed by atoms with Crippen molar-refractivity contribution in [1.82, 2.24) is 0 Å². The fourth-order valence-corrected chi connectivity index (χ4v) is 14.6. The molecule has 31 heteroatoms. The SMILES string of the molecule is COC(=O)c1ccc2oc(=O)c(S(=O)(=O)c3ccc(C)cc3)cc2c1.COC(=O)c1ccc2oc(=O)c(S(=O)(=O)c3ccc(Cl)cc3)cc2c1.COC(=O)c1ccc2oc(=O)c(S(=O)(=O)c3ccc(F)cc3)cc2c1.COC(=O)c1ccc2oc(=O)c(S(=O)(=O)c3ccc(OC)cc3)cc2c1. The molecule has 0 bridgehead atoms. The van der Waals surface area contributed by atoms with E-state index in [9.17, 15) is 76.4 Å². The molecule has 25 nitrogen and oxygen atoms in total. The standard InChI is InChI=1S/C18H14O7S.C18H14O6S.C17H11ClO6S.C17H11FO6S/c1-23-13-4-6-14(7-5-13)26(21,22)16-10-12-9-11(17(19)24-2)3-8-15(12)25-18(16)20;1-11-3-6-14(7-4-11)25(21,22)16-10-13-9-12(17(19)23-2)5-8-15(13)24-18(16)20;2*1-23-16(19)10-2-7-14-11(8-10)9-15(17(20)24-14)25(21,22)13-5-3-12(18)4-6-13/h3-10H,1-2H3;3-10H,1-2H3;2*2-9H,1H3. The molecule has 0 spiro atoms. The van der Waals surface area contributed by atoms with Gasteiger partial charge in [-0.3, -0.25) is 0 Å². The first kappa shape index (κ1) is 73.5. The third-order valence-electron chi connectivity index (χ3n) is 14.6. The van der Waals surface area contributed by atoms with Crippen LogP contribution in [0.1, 0.15) is 47.0 Å². The van der Waals surface area contributed by atoms with Gasteiger partial charge in [-0.25, -0.2) is 76.4 Å². The molecule has 4 aromatic heterocycles. The highest BCUT2D eigenvalue weighted by Gasteiger charge is 2.28. The lowest BCUT2D eigenvalue weighted by Crippen LogP contribution is -2.14. The van der Waals surface area contributed by atoms with Crippen molar-refractivity contribution in [3.63, 3.8) is 0 Å². The molecule has 0 fully saturated rings. The molecule has 0 atom stereocenters. The van der Waals surface area contributed by atoms with E-state index in [2.05, 4.69) is 18.9 Å². The Labute approximate surface area is 575 Å². The number of aryl methyl sites for hydroxylation is 1. The van der Waals surface area contributed by atoms with Crippen molar-refractivity contribution in [2.24, 2.45) is 0 Å². The molecule has 0 aliphatic carbocycles. The van der Waals surface area contributed by atoms with Crippen LogP contribution in [0.3, 0.4) is 0 Å². The second kappa shape index (κ2) is 30.2. The monoisotopic (exact) mass is 1470 g/mol. The van der Waals surface area contributed by atoms with Crippen LogP contribution >= 0.6 is 11.6 Å². The topological polar surface area (TPSA) is 372 Å². The maximum Gasteiger partial charge on any atom is 0.355 e. The van der Waals surface area contributed by atoms with E-state index in [0.29, 0.717) is 21.5 Å². The van der Waals surface area contributed by atoms with Gasteiger partial charge in [-0.2, -0.15) is 0 Å². The van der Waals surface area contributed by atoms with E-state index in [-0.39, 0.29) is 74.9 Å². The zero-order valence-electron chi connectivity index (χ0n) is 53.1. The number of benzene rings is 8. The minimum absolute atomic E-state index is 0.00567. The summed E-state index contributed by atoms with van der Waals surface area (Å²) in [5.41, 5.74) is -1.65. The number of halogens is 2. The van der Waals surface area contributed by atoms with Crippen LogP contribution in [0.4, 0.5) is 4.39 Å². The number of carbonyl (C=O) groups excluding carboxylic acids is 4. The lowest BCUT2D eigenvalue weighted by Gasteiger charge is -2.06. The molecule has 0 aliphatic heterocycles. The Morgan fingerprint density at radius 1 is 0.337 bits per heavy atom. The predicted octanol–water partition coefficient (Wildman–Crippen LogP) is 10.8. The largest absolute Gasteiger partial charge is 0.497 e. The zero-order chi connectivity index (χ0) is 73.5. The van der Waals surface area contributed by atoms with Crippen molar-refractivity contribution in [3.8, 4) is 5.75 Å². The number of sulfone groups is 4. The van der Waals surface area contributed by atoms with Gasteiger partial charge in [-0.15, -0.1) is 0 Å². The average molecular weight is 1470 g/mol. The summed E-state index contributed by atoms with van der Waals surface area (Å²) in [6.07, 6.45) is 0. The Kier molecular flexibility index (Phi) is 22.0. The highest BCUT2D eigenvalue weighted by atomic mass is 35.5. The summed E-state index contributed by atoms with van der Waals surface area (Å²) in [5, 5.41) is 1.50. The number of rotatable bonds is 13. The Hall–Kier alpha value is -11.7. The van der Waals surface area contributed by atoms with Crippen molar-refractivity contribution >= 4 is 119 Å². The summed E-state index contributed by atoms with van der Waals surface area (Å²) in [5.74, 6) is -2.48. The Morgan fingerprint density at radius 3 is 0.822 bits per heavy atom. The van der Waals surface area contributed by atoms with Gasteiger partial charge < -0.3 is 41.4 Å². The highest BCUT2D eigenvalue weighted by Crippen LogP contribution is 2.29. The van der Waals surface area contributed by atoms with E-state index in [4.69, 9.17) is 34.0 Å². The lowest BCUT2D eigenvalue weighted by molar-refractivity contribution is 0.0592. The Balaban J connectivity index is 0.000000157.